The predicted octanol–water partition coefficient (Wildman–Crippen LogP) is 3.24. The van der Waals surface area contributed by atoms with Crippen molar-refractivity contribution < 1.29 is 19.7 Å². The van der Waals surface area contributed by atoms with Crippen LogP contribution in [0, 0.1) is 10.8 Å². The Hall–Kier alpha value is -2.52. The molecule has 2 aromatic rings. The monoisotopic (exact) mass is 500 g/mol. The number of phenols is 2. The number of aromatic hydroxyl groups is 2. The van der Waals surface area contributed by atoms with E-state index in [-0.39, 0.29) is 10.8 Å². The highest BCUT2D eigenvalue weighted by Gasteiger charge is 2.21. The van der Waals surface area contributed by atoms with Crippen molar-refractivity contribution in [3.05, 3.63) is 46.5 Å². The van der Waals surface area contributed by atoms with Crippen molar-refractivity contribution in [2.45, 2.75) is 53.9 Å². The first-order valence-electron chi connectivity index (χ1n) is 12.6. The highest BCUT2D eigenvalue weighted by molar-refractivity contribution is 5.47. The van der Waals surface area contributed by atoms with Gasteiger partial charge in [0.15, 0.2) is 0 Å². The summed E-state index contributed by atoms with van der Waals surface area (Å²) in [4.78, 5) is 0. The second-order valence-electron chi connectivity index (χ2n) is 11.3. The average Bonchev–Trinajstić information content (AvgIpc) is 2.82. The van der Waals surface area contributed by atoms with Gasteiger partial charge in [-0.3, -0.25) is 0 Å². The van der Waals surface area contributed by atoms with Crippen LogP contribution in [0.15, 0.2) is 24.3 Å². The smallest absolute Gasteiger partial charge is 0.124 e. The minimum Gasteiger partial charge on any atom is -0.507 e. The maximum Gasteiger partial charge on any atom is 0.124 e. The van der Waals surface area contributed by atoms with Crippen LogP contribution in [0.2, 0.25) is 0 Å². The quantitative estimate of drug-likeness (QED) is 0.373. The molecule has 2 aromatic carbocycles. The Kier molecular flexibility index (Phi) is 9.47. The normalized spacial score (nSPS) is 19.3. The van der Waals surface area contributed by atoms with E-state index < -0.39 is 0 Å². The summed E-state index contributed by atoms with van der Waals surface area (Å²) in [5.41, 5.74) is 3.17. The molecule has 0 unspecified atom stereocenters. The molecule has 0 aliphatic carbocycles. The number of ether oxygens (including phenoxy) is 2. The van der Waals surface area contributed by atoms with Gasteiger partial charge in [-0.05, 0) is 35.1 Å². The fourth-order valence-electron chi connectivity index (χ4n) is 4.50. The molecular formula is C28H44N4O4. The molecule has 3 rings (SSSR count). The highest BCUT2D eigenvalue weighted by atomic mass is 16.5. The van der Waals surface area contributed by atoms with Gasteiger partial charge in [-0.1, -0.05) is 27.7 Å². The number of hydrogen-bond donors (Lipinski definition) is 6. The number of phenolic OH excluding ortho intramolecular Hbond substituents is 2. The summed E-state index contributed by atoms with van der Waals surface area (Å²) in [6.07, 6.45) is 0. The molecule has 200 valence electrons. The molecule has 8 heteroatoms. The zero-order valence-electron chi connectivity index (χ0n) is 22.7. The van der Waals surface area contributed by atoms with E-state index in [0.717, 1.165) is 59.9 Å². The van der Waals surface area contributed by atoms with Gasteiger partial charge >= 0.3 is 0 Å². The summed E-state index contributed by atoms with van der Waals surface area (Å²) < 4.78 is 11.0. The third-order valence-electron chi connectivity index (χ3n) is 6.63. The molecule has 1 aliphatic rings. The zero-order chi connectivity index (χ0) is 26.3. The molecule has 0 radical (unpaired) electrons. The third-order valence-corrected chi connectivity index (χ3v) is 6.63. The molecule has 8 nitrogen and oxygen atoms in total. The van der Waals surface area contributed by atoms with Gasteiger partial charge in [0.05, 0.1) is 14.2 Å². The first kappa shape index (κ1) is 28.1. The Morgan fingerprint density at radius 2 is 0.806 bits per heavy atom. The Morgan fingerprint density at radius 3 is 1.03 bits per heavy atom. The molecule has 0 atom stereocenters. The van der Waals surface area contributed by atoms with E-state index in [1.54, 1.807) is 14.2 Å². The molecule has 4 bridgehead atoms. The van der Waals surface area contributed by atoms with Crippen molar-refractivity contribution in [2.24, 2.45) is 10.8 Å². The van der Waals surface area contributed by atoms with E-state index in [2.05, 4.69) is 49.0 Å². The van der Waals surface area contributed by atoms with E-state index in [1.807, 2.05) is 24.3 Å². The fourth-order valence-corrected chi connectivity index (χ4v) is 4.50. The van der Waals surface area contributed by atoms with Gasteiger partial charge in [0.2, 0.25) is 0 Å². The molecule has 1 heterocycles. The van der Waals surface area contributed by atoms with E-state index in [4.69, 9.17) is 9.47 Å². The van der Waals surface area contributed by atoms with Crippen LogP contribution in [0.1, 0.15) is 49.9 Å². The molecule has 0 fully saturated rings. The Balaban J connectivity index is 1.83. The lowest BCUT2D eigenvalue weighted by atomic mass is 9.92. The SMILES string of the molecule is COc1cc2c(O)c(c1)CNCC(C)(C)CNCc1cc(OC)cc(c1O)CNCC(C)(C)CNC2. The van der Waals surface area contributed by atoms with Gasteiger partial charge in [0.1, 0.15) is 23.0 Å². The predicted molar refractivity (Wildman–Crippen MR) is 144 cm³/mol. The Bertz CT molecular complexity index is 875. The van der Waals surface area contributed by atoms with Gasteiger partial charge < -0.3 is 41.0 Å². The van der Waals surface area contributed by atoms with Gasteiger partial charge in [0, 0.05) is 74.6 Å². The average molecular weight is 501 g/mol. The lowest BCUT2D eigenvalue weighted by molar-refractivity contribution is 0.312. The van der Waals surface area contributed by atoms with Crippen LogP contribution < -0.4 is 30.7 Å². The van der Waals surface area contributed by atoms with Crippen molar-refractivity contribution >= 4 is 0 Å². The molecule has 36 heavy (non-hydrogen) atoms. The summed E-state index contributed by atoms with van der Waals surface area (Å²) in [7, 11) is 3.30. The first-order valence-corrected chi connectivity index (χ1v) is 12.6. The molecule has 0 spiro atoms. The molecule has 0 saturated heterocycles. The van der Waals surface area contributed by atoms with Crippen LogP contribution in [0.3, 0.4) is 0 Å². The zero-order valence-corrected chi connectivity index (χ0v) is 22.7. The molecule has 0 aromatic heterocycles. The minimum absolute atomic E-state index is 0.0514. The topological polar surface area (TPSA) is 107 Å². The van der Waals surface area contributed by atoms with Crippen LogP contribution in [-0.4, -0.2) is 50.6 Å². The van der Waals surface area contributed by atoms with Crippen LogP contribution in [0.5, 0.6) is 23.0 Å². The number of nitrogens with one attached hydrogen (secondary N) is 4. The lowest BCUT2D eigenvalue weighted by Crippen LogP contribution is -2.38. The van der Waals surface area contributed by atoms with Crippen molar-refractivity contribution in [1.29, 1.82) is 0 Å². The maximum absolute atomic E-state index is 10.9. The summed E-state index contributed by atoms with van der Waals surface area (Å²) in [6, 6.07) is 7.56. The largest absolute Gasteiger partial charge is 0.507 e. The van der Waals surface area contributed by atoms with E-state index in [1.165, 1.54) is 0 Å². The van der Waals surface area contributed by atoms with Crippen LogP contribution in [-0.2, 0) is 26.2 Å². The summed E-state index contributed by atoms with van der Waals surface area (Å²) >= 11 is 0. The number of benzene rings is 2. The number of methoxy groups -OCH3 is 2. The second kappa shape index (κ2) is 12.1. The van der Waals surface area contributed by atoms with Crippen molar-refractivity contribution in [2.75, 3.05) is 40.4 Å². The number of fused-ring (bicyclic) bond motifs is 4. The summed E-state index contributed by atoms with van der Waals surface area (Å²) in [6.45, 7) is 13.9. The summed E-state index contributed by atoms with van der Waals surface area (Å²) in [5, 5.41) is 35.9. The summed E-state index contributed by atoms with van der Waals surface area (Å²) in [5.74, 6) is 2.09. The van der Waals surface area contributed by atoms with E-state index in [0.29, 0.717) is 37.7 Å². The molecule has 1 aliphatic heterocycles. The highest BCUT2D eigenvalue weighted by Crippen LogP contribution is 2.30. The lowest BCUT2D eigenvalue weighted by Gasteiger charge is -2.27. The van der Waals surface area contributed by atoms with E-state index >= 15 is 0 Å². The van der Waals surface area contributed by atoms with Crippen LogP contribution in [0.4, 0.5) is 0 Å². The van der Waals surface area contributed by atoms with Crippen LogP contribution >= 0.6 is 0 Å². The van der Waals surface area contributed by atoms with Crippen LogP contribution in [0.25, 0.3) is 0 Å². The molecule has 0 amide bonds. The third kappa shape index (κ3) is 7.74. The first-order chi connectivity index (χ1) is 17.0. The van der Waals surface area contributed by atoms with Crippen molar-refractivity contribution in [3.8, 4) is 23.0 Å². The van der Waals surface area contributed by atoms with Crippen molar-refractivity contribution in [3.63, 3.8) is 0 Å². The fraction of sp³-hybridized carbons (Fsp3) is 0.571. The van der Waals surface area contributed by atoms with Gasteiger partial charge in [0.25, 0.3) is 0 Å². The second-order valence-corrected chi connectivity index (χ2v) is 11.3. The van der Waals surface area contributed by atoms with Gasteiger partial charge in [-0.15, -0.1) is 0 Å². The number of hydrogen-bond acceptors (Lipinski definition) is 8. The standard InChI is InChI=1S/C28H44N4O4/c1-27(2)15-29-11-19-7-23(35-5)9-21(25(19)33)13-31-17-28(3,4)18-32-14-22-10-24(36-6)8-20(26(22)34)12-30-16-27/h7-10,29-34H,11-18H2,1-6H3. The van der Waals surface area contributed by atoms with Crippen molar-refractivity contribution in [1.82, 2.24) is 21.3 Å². The molecule has 0 saturated carbocycles. The molecular weight excluding hydrogens is 456 g/mol. The van der Waals surface area contributed by atoms with E-state index in [9.17, 15) is 10.2 Å². The van der Waals surface area contributed by atoms with Gasteiger partial charge in [-0.25, -0.2) is 0 Å². The number of rotatable bonds is 2. The minimum atomic E-state index is -0.0514. The maximum atomic E-state index is 10.9. The Morgan fingerprint density at radius 1 is 0.556 bits per heavy atom. The Labute approximate surface area is 215 Å². The van der Waals surface area contributed by atoms with Gasteiger partial charge in [-0.2, -0.15) is 0 Å². The molecule has 6 N–H and O–H groups in total.